The molecule has 4 rings (SSSR count). The first-order chi connectivity index (χ1) is 14.8. The molecule has 0 spiro atoms. The van der Waals surface area contributed by atoms with E-state index in [0.29, 0.717) is 33.2 Å². The number of ketones is 1. The van der Waals surface area contributed by atoms with Crippen molar-refractivity contribution in [1.82, 2.24) is 0 Å². The Morgan fingerprint density at radius 3 is 2.42 bits per heavy atom. The molecular formula is C24H16ClF3O2S. The lowest BCUT2D eigenvalue weighted by Crippen LogP contribution is -2.05. The first-order valence-corrected chi connectivity index (χ1v) is 10.9. The Labute approximate surface area is 186 Å². The highest BCUT2D eigenvalue weighted by Crippen LogP contribution is 2.33. The average molecular weight is 461 g/mol. The van der Waals surface area contributed by atoms with E-state index in [1.54, 1.807) is 36.4 Å². The van der Waals surface area contributed by atoms with E-state index in [1.165, 1.54) is 17.8 Å². The molecular weight excluding hydrogens is 445 g/mol. The lowest BCUT2D eigenvalue weighted by atomic mass is 10.0. The quantitative estimate of drug-likeness (QED) is 0.275. The fraction of sp³-hybridized carbons (Fsp3) is 0.125. The second kappa shape index (κ2) is 8.81. The van der Waals surface area contributed by atoms with Gasteiger partial charge >= 0.3 is 6.18 Å². The van der Waals surface area contributed by atoms with Gasteiger partial charge in [0.1, 0.15) is 5.58 Å². The van der Waals surface area contributed by atoms with Crippen LogP contribution in [-0.2, 0) is 17.7 Å². The number of hydrogen-bond acceptors (Lipinski definition) is 3. The fourth-order valence-corrected chi connectivity index (χ4v) is 4.40. The van der Waals surface area contributed by atoms with Crippen molar-refractivity contribution in [3.05, 3.63) is 106 Å². The van der Waals surface area contributed by atoms with E-state index >= 15 is 0 Å². The summed E-state index contributed by atoms with van der Waals surface area (Å²) in [5, 5.41) is 1.34. The third-order valence-electron chi connectivity index (χ3n) is 4.78. The van der Waals surface area contributed by atoms with Crippen LogP contribution < -0.4 is 0 Å². The van der Waals surface area contributed by atoms with Crippen LogP contribution in [0.25, 0.3) is 11.0 Å². The predicted molar refractivity (Wildman–Crippen MR) is 118 cm³/mol. The predicted octanol–water partition coefficient (Wildman–Crippen LogP) is 7.77. The minimum Gasteiger partial charge on any atom is -0.452 e. The van der Waals surface area contributed by atoms with Gasteiger partial charge in [-0.25, -0.2) is 0 Å². The summed E-state index contributed by atoms with van der Waals surface area (Å²) in [6.45, 7) is 0. The highest BCUT2D eigenvalue weighted by atomic mass is 35.5. The second-order valence-corrected chi connectivity index (χ2v) is 8.35. The van der Waals surface area contributed by atoms with Crippen molar-refractivity contribution in [1.29, 1.82) is 0 Å². The standard InChI is InChI=1S/C24H16ClF3O2S/c25-18-10-8-16(9-11-18)22(29)23-20(19-6-1-2-7-21(19)30-23)14-31-13-15-4-3-5-17(12-15)24(26,27)28/h1-12H,13-14H2. The molecule has 1 heterocycles. The van der Waals surface area contributed by atoms with Crippen molar-refractivity contribution in [2.45, 2.75) is 17.7 Å². The molecule has 0 aliphatic heterocycles. The lowest BCUT2D eigenvalue weighted by Gasteiger charge is -2.09. The van der Waals surface area contributed by atoms with E-state index in [4.69, 9.17) is 16.0 Å². The van der Waals surface area contributed by atoms with Gasteiger partial charge < -0.3 is 4.42 Å². The molecule has 1 aromatic heterocycles. The van der Waals surface area contributed by atoms with Gasteiger partial charge in [0.2, 0.25) is 5.78 Å². The maximum absolute atomic E-state index is 13.1. The minimum atomic E-state index is -4.38. The van der Waals surface area contributed by atoms with Gasteiger partial charge in [0, 0.05) is 33.0 Å². The Balaban J connectivity index is 1.59. The van der Waals surface area contributed by atoms with Crippen molar-refractivity contribution in [2.24, 2.45) is 0 Å². The Bertz CT molecular complexity index is 1230. The Hall–Kier alpha value is -2.70. The van der Waals surface area contributed by atoms with E-state index in [9.17, 15) is 18.0 Å². The molecule has 0 saturated heterocycles. The molecule has 0 fully saturated rings. The number of thioether (sulfide) groups is 1. The maximum Gasteiger partial charge on any atom is 0.416 e. The summed E-state index contributed by atoms with van der Waals surface area (Å²) in [5.74, 6) is 0.766. The number of furan rings is 1. The summed E-state index contributed by atoms with van der Waals surface area (Å²) in [6, 6.07) is 19.2. The van der Waals surface area contributed by atoms with Crippen LogP contribution >= 0.6 is 23.4 Å². The third kappa shape index (κ3) is 4.81. The lowest BCUT2D eigenvalue weighted by molar-refractivity contribution is -0.137. The summed E-state index contributed by atoms with van der Waals surface area (Å²) in [6.07, 6.45) is -4.38. The molecule has 7 heteroatoms. The molecule has 4 aromatic rings. The van der Waals surface area contributed by atoms with E-state index < -0.39 is 11.7 Å². The van der Waals surface area contributed by atoms with Gasteiger partial charge in [-0.2, -0.15) is 24.9 Å². The van der Waals surface area contributed by atoms with E-state index in [1.807, 2.05) is 18.2 Å². The molecule has 0 aliphatic rings. The van der Waals surface area contributed by atoms with Crippen LogP contribution in [0, 0.1) is 0 Å². The highest BCUT2D eigenvalue weighted by molar-refractivity contribution is 7.97. The van der Waals surface area contributed by atoms with Crippen LogP contribution in [-0.4, -0.2) is 5.78 Å². The molecule has 3 aromatic carbocycles. The zero-order valence-corrected chi connectivity index (χ0v) is 17.7. The minimum absolute atomic E-state index is 0.236. The summed E-state index contributed by atoms with van der Waals surface area (Å²) in [7, 11) is 0. The number of hydrogen-bond donors (Lipinski definition) is 0. The van der Waals surface area contributed by atoms with Crippen molar-refractivity contribution in [3.63, 3.8) is 0 Å². The third-order valence-corrected chi connectivity index (χ3v) is 6.06. The normalized spacial score (nSPS) is 11.7. The molecule has 0 saturated carbocycles. The summed E-state index contributed by atoms with van der Waals surface area (Å²) in [4.78, 5) is 13.1. The maximum atomic E-state index is 13.1. The van der Waals surface area contributed by atoms with Crippen LogP contribution in [0.5, 0.6) is 0 Å². The zero-order chi connectivity index (χ0) is 22.0. The summed E-state index contributed by atoms with van der Waals surface area (Å²) >= 11 is 7.34. The number of halogens is 4. The first kappa shape index (κ1) is 21.5. The summed E-state index contributed by atoms with van der Waals surface area (Å²) in [5.41, 5.74) is 1.67. The molecule has 0 radical (unpaired) electrons. The number of carbonyl (C=O) groups is 1. The molecule has 2 nitrogen and oxygen atoms in total. The Kier molecular flexibility index (Phi) is 6.12. The number of alkyl halides is 3. The summed E-state index contributed by atoms with van der Waals surface area (Å²) < 4.78 is 44.7. The zero-order valence-electron chi connectivity index (χ0n) is 16.1. The van der Waals surface area contributed by atoms with Gasteiger partial charge in [-0.1, -0.05) is 48.0 Å². The van der Waals surface area contributed by atoms with Crippen LogP contribution in [0.3, 0.4) is 0 Å². The molecule has 0 aliphatic carbocycles. The van der Waals surface area contributed by atoms with Gasteiger partial charge in [-0.3, -0.25) is 4.79 Å². The van der Waals surface area contributed by atoms with E-state index in [2.05, 4.69) is 0 Å². The van der Waals surface area contributed by atoms with Crippen LogP contribution in [0.4, 0.5) is 13.2 Å². The van der Waals surface area contributed by atoms with Gasteiger partial charge in [-0.15, -0.1) is 0 Å². The number of para-hydroxylation sites is 1. The largest absolute Gasteiger partial charge is 0.452 e. The van der Waals surface area contributed by atoms with Crippen molar-refractivity contribution >= 4 is 40.1 Å². The fourth-order valence-electron chi connectivity index (χ4n) is 3.27. The smallest absolute Gasteiger partial charge is 0.416 e. The Morgan fingerprint density at radius 1 is 0.935 bits per heavy atom. The molecule has 0 bridgehead atoms. The van der Waals surface area contributed by atoms with Crippen LogP contribution in [0.1, 0.15) is 32.8 Å². The molecule has 0 atom stereocenters. The number of fused-ring (bicyclic) bond motifs is 1. The monoisotopic (exact) mass is 460 g/mol. The van der Waals surface area contributed by atoms with Gasteiger partial charge in [0.15, 0.2) is 5.76 Å². The van der Waals surface area contributed by atoms with E-state index in [0.717, 1.165) is 23.1 Å². The van der Waals surface area contributed by atoms with Crippen molar-refractivity contribution in [3.8, 4) is 0 Å². The number of carbonyl (C=O) groups excluding carboxylic acids is 1. The number of benzene rings is 3. The molecule has 0 N–H and O–H groups in total. The Morgan fingerprint density at radius 2 is 1.68 bits per heavy atom. The molecule has 158 valence electrons. The first-order valence-electron chi connectivity index (χ1n) is 9.37. The molecule has 0 amide bonds. The van der Waals surface area contributed by atoms with Crippen molar-refractivity contribution < 1.29 is 22.4 Å². The van der Waals surface area contributed by atoms with Crippen molar-refractivity contribution in [2.75, 3.05) is 0 Å². The highest BCUT2D eigenvalue weighted by Gasteiger charge is 2.30. The van der Waals surface area contributed by atoms with Crippen LogP contribution in [0.15, 0.2) is 77.2 Å². The average Bonchev–Trinajstić information content (AvgIpc) is 3.12. The second-order valence-electron chi connectivity index (χ2n) is 6.93. The number of rotatable bonds is 6. The molecule has 0 unspecified atom stereocenters. The topological polar surface area (TPSA) is 30.2 Å². The van der Waals surface area contributed by atoms with Gasteiger partial charge in [0.05, 0.1) is 5.56 Å². The van der Waals surface area contributed by atoms with Crippen LogP contribution in [0.2, 0.25) is 5.02 Å². The SMILES string of the molecule is O=C(c1ccc(Cl)cc1)c1oc2ccccc2c1CSCc1cccc(C(F)(F)F)c1. The van der Waals surface area contributed by atoms with Gasteiger partial charge in [0.25, 0.3) is 0 Å². The van der Waals surface area contributed by atoms with Gasteiger partial charge in [-0.05, 0) is 42.0 Å². The molecule has 31 heavy (non-hydrogen) atoms. The van der Waals surface area contributed by atoms with E-state index in [-0.39, 0.29) is 11.5 Å².